The molecule has 0 aliphatic carbocycles. The number of hydrogen-bond acceptors (Lipinski definition) is 7. The number of fused-ring (bicyclic) bond motifs is 1. The van der Waals surface area contributed by atoms with Crippen LogP contribution in [0.15, 0.2) is 40.9 Å². The molecule has 1 saturated heterocycles. The molecule has 7 nitrogen and oxygen atoms in total. The first-order valence-electron chi connectivity index (χ1n) is 10.6. The summed E-state index contributed by atoms with van der Waals surface area (Å²) in [6.45, 7) is 4.60. The van der Waals surface area contributed by atoms with Crippen LogP contribution in [-0.4, -0.2) is 44.7 Å². The quantitative estimate of drug-likeness (QED) is 0.641. The minimum atomic E-state index is -0.372. The second kappa shape index (κ2) is 9.28. The number of anilines is 1. The second-order valence-corrected chi connectivity index (χ2v) is 9.02. The number of rotatable bonds is 5. The predicted molar refractivity (Wildman–Crippen MR) is 129 cm³/mol. The number of amides is 1. The Morgan fingerprint density at radius 1 is 1.03 bits per heavy atom. The van der Waals surface area contributed by atoms with Crippen LogP contribution in [0.2, 0.25) is 0 Å². The second-order valence-electron chi connectivity index (χ2n) is 8.09. The third-order valence-electron chi connectivity index (χ3n) is 6.24. The van der Waals surface area contributed by atoms with E-state index in [2.05, 4.69) is 43.0 Å². The zero-order valence-corrected chi connectivity index (χ0v) is 20.3. The maximum Gasteiger partial charge on any atom is 0.229 e. The average molecular weight is 466 g/mol. The molecule has 4 rings (SSSR count). The van der Waals surface area contributed by atoms with Gasteiger partial charge < -0.3 is 19.1 Å². The maximum absolute atomic E-state index is 13.3. The van der Waals surface area contributed by atoms with Gasteiger partial charge in [-0.05, 0) is 54.8 Å². The summed E-state index contributed by atoms with van der Waals surface area (Å²) in [4.78, 5) is 17.2. The molecule has 8 heteroatoms. The number of carbonyl (C=O) groups is 1. The predicted octanol–water partition coefficient (Wildman–Crippen LogP) is 4.55. The Balaban J connectivity index is 1.70. The first-order valence-corrected chi connectivity index (χ1v) is 11.6. The Kier molecular flexibility index (Phi) is 6.43. The summed E-state index contributed by atoms with van der Waals surface area (Å²) in [7, 11) is 4.65. The Morgan fingerprint density at radius 2 is 1.73 bits per heavy atom. The summed E-state index contributed by atoms with van der Waals surface area (Å²) in [6, 6.07) is 12.3. The van der Waals surface area contributed by atoms with E-state index in [1.807, 2.05) is 12.1 Å². The molecule has 0 N–H and O–H groups in total. The number of hydrogen-bond donors (Lipinski definition) is 0. The van der Waals surface area contributed by atoms with Crippen molar-refractivity contribution in [3.05, 3.63) is 57.6 Å². The van der Waals surface area contributed by atoms with Crippen LogP contribution in [0.4, 0.5) is 5.69 Å². The number of aryl methyl sites for hydroxylation is 2. The topological polar surface area (TPSA) is 75.0 Å². The molecule has 1 fully saturated rings. The number of methoxy groups -OCH3 is 3. The molecule has 1 atom stereocenters. The van der Waals surface area contributed by atoms with Gasteiger partial charge in [0.1, 0.15) is 0 Å². The van der Waals surface area contributed by atoms with Crippen LogP contribution in [0.5, 0.6) is 17.2 Å². The Bertz CT molecular complexity index is 1150. The highest BCUT2D eigenvalue weighted by Crippen LogP contribution is 2.47. The van der Waals surface area contributed by atoms with E-state index in [1.165, 1.54) is 22.9 Å². The molecule has 2 aliphatic heterocycles. The summed E-state index contributed by atoms with van der Waals surface area (Å²) < 4.78 is 16.4. The number of nitriles is 1. The standard InChI is InChI=1S/C25H27N3O4S/c1-15-6-7-18(8-16(15)2)27-13-28-23(29)11-19(20(12-26)25(28)33-14-27)17-9-21(30-3)24(32-5)22(10-17)31-4/h6-10,19H,11,13-14H2,1-5H3. The summed E-state index contributed by atoms with van der Waals surface area (Å²) in [6.07, 6.45) is 0.201. The first-order chi connectivity index (χ1) is 15.9. The fraction of sp³-hybridized carbons (Fsp3) is 0.360. The lowest BCUT2D eigenvalue weighted by atomic mass is 9.86. The molecule has 33 heavy (non-hydrogen) atoms. The van der Waals surface area contributed by atoms with Gasteiger partial charge in [-0.15, -0.1) is 0 Å². The largest absolute Gasteiger partial charge is 0.493 e. The molecule has 2 aromatic carbocycles. The number of ether oxygens (including phenoxy) is 3. The van der Waals surface area contributed by atoms with Gasteiger partial charge in [0.05, 0.1) is 50.5 Å². The van der Waals surface area contributed by atoms with Crippen LogP contribution < -0.4 is 19.1 Å². The highest BCUT2D eigenvalue weighted by molar-refractivity contribution is 8.03. The van der Waals surface area contributed by atoms with Crippen molar-refractivity contribution >= 4 is 23.4 Å². The van der Waals surface area contributed by atoms with Gasteiger partial charge in [0.2, 0.25) is 11.7 Å². The molecule has 0 aromatic heterocycles. The van der Waals surface area contributed by atoms with Crippen LogP contribution in [0.25, 0.3) is 0 Å². The van der Waals surface area contributed by atoms with Crippen molar-refractivity contribution in [1.82, 2.24) is 4.90 Å². The average Bonchev–Trinajstić information content (AvgIpc) is 2.84. The third kappa shape index (κ3) is 4.09. The molecule has 0 saturated carbocycles. The van der Waals surface area contributed by atoms with Crippen molar-refractivity contribution in [3.8, 4) is 23.3 Å². The highest BCUT2D eigenvalue weighted by Gasteiger charge is 2.39. The highest BCUT2D eigenvalue weighted by atomic mass is 32.2. The van der Waals surface area contributed by atoms with Crippen LogP contribution in [0.1, 0.15) is 29.0 Å². The minimum Gasteiger partial charge on any atom is -0.493 e. The monoisotopic (exact) mass is 465 g/mol. The zero-order chi connectivity index (χ0) is 23.7. The van der Waals surface area contributed by atoms with Crippen molar-refractivity contribution in [2.24, 2.45) is 0 Å². The van der Waals surface area contributed by atoms with Crippen LogP contribution in [0, 0.1) is 25.2 Å². The molecule has 1 amide bonds. The van der Waals surface area contributed by atoms with Crippen LogP contribution >= 0.6 is 11.8 Å². The fourth-order valence-electron chi connectivity index (χ4n) is 4.24. The van der Waals surface area contributed by atoms with E-state index in [9.17, 15) is 10.1 Å². The maximum atomic E-state index is 13.3. The first kappa shape index (κ1) is 22.9. The number of thioether (sulfide) groups is 1. The van der Waals surface area contributed by atoms with E-state index in [0.717, 1.165) is 16.3 Å². The SMILES string of the molecule is COc1cc(C2CC(=O)N3CN(c4ccc(C)c(C)c4)CSC3=C2C#N)cc(OC)c1OC. The number of benzene rings is 2. The van der Waals surface area contributed by atoms with Crippen molar-refractivity contribution in [2.45, 2.75) is 26.2 Å². The summed E-state index contributed by atoms with van der Waals surface area (Å²) in [5, 5.41) is 10.8. The Labute approximate surface area is 198 Å². The van der Waals surface area contributed by atoms with Crippen LogP contribution in [0.3, 0.4) is 0 Å². The molecule has 0 radical (unpaired) electrons. The fourth-order valence-corrected chi connectivity index (χ4v) is 5.40. The number of nitrogens with zero attached hydrogens (tertiary/aromatic N) is 3. The Morgan fingerprint density at radius 3 is 2.30 bits per heavy atom. The van der Waals surface area contributed by atoms with E-state index in [-0.39, 0.29) is 18.2 Å². The van der Waals surface area contributed by atoms with Gasteiger partial charge in [0, 0.05) is 18.0 Å². The van der Waals surface area contributed by atoms with Gasteiger partial charge in [-0.3, -0.25) is 9.69 Å². The zero-order valence-electron chi connectivity index (χ0n) is 19.5. The van der Waals surface area contributed by atoms with E-state index >= 15 is 0 Å². The van der Waals surface area contributed by atoms with Crippen molar-refractivity contribution < 1.29 is 19.0 Å². The van der Waals surface area contributed by atoms with Gasteiger partial charge in [-0.25, -0.2) is 0 Å². The molecule has 0 spiro atoms. The van der Waals surface area contributed by atoms with Gasteiger partial charge in [-0.2, -0.15) is 5.26 Å². The van der Waals surface area contributed by atoms with Gasteiger partial charge in [-0.1, -0.05) is 17.8 Å². The Hall–Kier alpha value is -3.31. The molecule has 2 heterocycles. The number of carbonyl (C=O) groups excluding carboxylic acids is 1. The normalized spacial score (nSPS) is 18.1. The van der Waals surface area contributed by atoms with Crippen molar-refractivity contribution in [2.75, 3.05) is 38.8 Å². The molecular formula is C25H27N3O4S. The summed E-state index contributed by atoms with van der Waals surface area (Å²) >= 11 is 1.52. The lowest BCUT2D eigenvalue weighted by Gasteiger charge is -2.42. The van der Waals surface area contributed by atoms with E-state index < -0.39 is 0 Å². The summed E-state index contributed by atoms with van der Waals surface area (Å²) in [5.41, 5.74) is 4.90. The smallest absolute Gasteiger partial charge is 0.229 e. The molecule has 2 aliphatic rings. The van der Waals surface area contributed by atoms with E-state index in [1.54, 1.807) is 26.2 Å². The lowest BCUT2D eigenvalue weighted by Crippen LogP contribution is -2.47. The van der Waals surface area contributed by atoms with Crippen molar-refractivity contribution in [3.63, 3.8) is 0 Å². The van der Waals surface area contributed by atoms with Gasteiger partial charge >= 0.3 is 0 Å². The van der Waals surface area contributed by atoms with E-state index in [0.29, 0.717) is 35.4 Å². The van der Waals surface area contributed by atoms with Gasteiger partial charge in [0.25, 0.3) is 0 Å². The minimum absolute atomic E-state index is 0.0104. The molecule has 0 bridgehead atoms. The molecular weight excluding hydrogens is 438 g/mol. The molecule has 1 unspecified atom stereocenters. The van der Waals surface area contributed by atoms with Crippen molar-refractivity contribution in [1.29, 1.82) is 5.26 Å². The van der Waals surface area contributed by atoms with Crippen LogP contribution in [-0.2, 0) is 4.79 Å². The third-order valence-corrected chi connectivity index (χ3v) is 7.39. The summed E-state index contributed by atoms with van der Waals surface area (Å²) in [5.74, 6) is 1.76. The number of allylic oxidation sites excluding steroid dienone is 1. The van der Waals surface area contributed by atoms with Gasteiger partial charge in [0.15, 0.2) is 11.5 Å². The lowest BCUT2D eigenvalue weighted by molar-refractivity contribution is -0.129. The molecule has 172 valence electrons. The van der Waals surface area contributed by atoms with E-state index in [4.69, 9.17) is 14.2 Å². The molecule has 2 aromatic rings.